The van der Waals surface area contributed by atoms with Crippen LogP contribution < -0.4 is 10.1 Å². The van der Waals surface area contributed by atoms with Crippen molar-refractivity contribution in [2.24, 2.45) is 0 Å². The highest BCUT2D eigenvalue weighted by molar-refractivity contribution is 5.92. The summed E-state index contributed by atoms with van der Waals surface area (Å²) < 4.78 is 10.1. The van der Waals surface area contributed by atoms with Gasteiger partial charge in [0.2, 0.25) is 0 Å². The molecule has 6 heteroatoms. The van der Waals surface area contributed by atoms with Crippen molar-refractivity contribution in [3.63, 3.8) is 0 Å². The highest BCUT2D eigenvalue weighted by Gasteiger charge is 2.10. The van der Waals surface area contributed by atoms with Crippen molar-refractivity contribution < 1.29 is 19.1 Å². The Bertz CT molecular complexity index is 796. The van der Waals surface area contributed by atoms with Crippen molar-refractivity contribution in [2.45, 2.75) is 13.3 Å². The van der Waals surface area contributed by atoms with E-state index in [1.54, 1.807) is 30.3 Å². The van der Waals surface area contributed by atoms with Gasteiger partial charge in [0.15, 0.2) is 13.2 Å². The van der Waals surface area contributed by atoms with E-state index in [4.69, 9.17) is 14.7 Å². The summed E-state index contributed by atoms with van der Waals surface area (Å²) in [4.78, 5) is 23.5. The van der Waals surface area contributed by atoms with Gasteiger partial charge in [0.1, 0.15) is 11.8 Å². The predicted octanol–water partition coefficient (Wildman–Crippen LogP) is 2.68. The largest absolute Gasteiger partial charge is 0.481 e. The maximum Gasteiger partial charge on any atom is 0.344 e. The second-order valence-electron chi connectivity index (χ2n) is 5.16. The third-order valence-corrected chi connectivity index (χ3v) is 3.34. The molecule has 0 unspecified atom stereocenters. The van der Waals surface area contributed by atoms with Gasteiger partial charge in [-0.1, -0.05) is 31.2 Å². The number of anilines is 1. The molecule has 25 heavy (non-hydrogen) atoms. The molecule has 0 atom stereocenters. The summed E-state index contributed by atoms with van der Waals surface area (Å²) in [6, 6.07) is 16.0. The molecule has 0 bridgehead atoms. The van der Waals surface area contributed by atoms with Crippen LogP contribution >= 0.6 is 0 Å². The Balaban J connectivity index is 1.77. The predicted molar refractivity (Wildman–Crippen MR) is 92.1 cm³/mol. The Morgan fingerprint density at radius 3 is 2.68 bits per heavy atom. The van der Waals surface area contributed by atoms with E-state index in [9.17, 15) is 9.59 Å². The lowest BCUT2D eigenvalue weighted by Crippen LogP contribution is -2.23. The lowest BCUT2D eigenvalue weighted by atomic mass is 10.1. The van der Waals surface area contributed by atoms with Gasteiger partial charge < -0.3 is 14.8 Å². The molecule has 0 spiro atoms. The highest BCUT2D eigenvalue weighted by Crippen LogP contribution is 2.16. The first-order chi connectivity index (χ1) is 12.1. The quantitative estimate of drug-likeness (QED) is 0.784. The lowest BCUT2D eigenvalue weighted by Gasteiger charge is -2.09. The fraction of sp³-hybridized carbons (Fsp3) is 0.211. The molecular formula is C19H18N2O4. The van der Waals surface area contributed by atoms with Crippen LogP contribution in [0.15, 0.2) is 48.5 Å². The third kappa shape index (κ3) is 5.66. The Kier molecular flexibility index (Phi) is 6.55. The van der Waals surface area contributed by atoms with Gasteiger partial charge in [0, 0.05) is 5.69 Å². The maximum atomic E-state index is 11.8. The van der Waals surface area contributed by atoms with Crippen LogP contribution in [0.3, 0.4) is 0 Å². The molecule has 128 valence electrons. The molecular weight excluding hydrogens is 320 g/mol. The van der Waals surface area contributed by atoms with E-state index < -0.39 is 18.5 Å². The number of amides is 1. The third-order valence-electron chi connectivity index (χ3n) is 3.34. The summed E-state index contributed by atoms with van der Waals surface area (Å²) in [5.74, 6) is -0.827. The standard InChI is InChI=1S/C19H18N2O4/c1-2-14-6-5-8-16(10-14)21-18(22)12-25-19(23)13-24-17-9-4-3-7-15(17)11-20/h3-10H,2,12-13H2,1H3,(H,21,22). The molecule has 1 N–H and O–H groups in total. The van der Waals surface area contributed by atoms with Crippen LogP contribution in [0.2, 0.25) is 0 Å². The van der Waals surface area contributed by atoms with E-state index in [2.05, 4.69) is 5.32 Å². The number of rotatable bonds is 7. The highest BCUT2D eigenvalue weighted by atomic mass is 16.6. The second-order valence-corrected chi connectivity index (χ2v) is 5.16. The summed E-state index contributed by atoms with van der Waals surface area (Å²) in [6.45, 7) is 1.24. The number of ether oxygens (including phenoxy) is 2. The molecule has 0 fully saturated rings. The van der Waals surface area contributed by atoms with E-state index in [1.165, 1.54) is 0 Å². The van der Waals surface area contributed by atoms with E-state index in [0.29, 0.717) is 17.0 Å². The molecule has 0 radical (unpaired) electrons. The van der Waals surface area contributed by atoms with Crippen LogP contribution in [0, 0.1) is 11.3 Å². The van der Waals surface area contributed by atoms with Crippen LogP contribution in [0.5, 0.6) is 5.75 Å². The molecule has 2 aromatic rings. The number of hydrogen-bond donors (Lipinski definition) is 1. The number of esters is 1. The van der Waals surface area contributed by atoms with Crippen molar-refractivity contribution in [2.75, 3.05) is 18.5 Å². The molecule has 0 saturated carbocycles. The maximum absolute atomic E-state index is 11.8. The van der Waals surface area contributed by atoms with Gasteiger partial charge in [-0.25, -0.2) is 4.79 Å². The second kappa shape index (κ2) is 9.08. The summed E-state index contributed by atoms with van der Waals surface area (Å²) in [7, 11) is 0. The van der Waals surface area contributed by atoms with Gasteiger partial charge in [-0.2, -0.15) is 5.26 Å². The van der Waals surface area contributed by atoms with E-state index in [-0.39, 0.29) is 6.61 Å². The first kappa shape index (κ1) is 18.0. The smallest absolute Gasteiger partial charge is 0.344 e. The molecule has 1 amide bonds. The summed E-state index contributed by atoms with van der Waals surface area (Å²) in [5.41, 5.74) is 2.07. The number of carbonyl (C=O) groups is 2. The monoisotopic (exact) mass is 338 g/mol. The number of nitrogens with one attached hydrogen (secondary N) is 1. The van der Waals surface area contributed by atoms with Crippen LogP contribution in [0.25, 0.3) is 0 Å². The van der Waals surface area contributed by atoms with Gasteiger partial charge in [-0.15, -0.1) is 0 Å². The van der Waals surface area contributed by atoms with Gasteiger partial charge in [-0.3, -0.25) is 4.79 Å². The lowest BCUT2D eigenvalue weighted by molar-refractivity contribution is -0.149. The van der Waals surface area contributed by atoms with Gasteiger partial charge in [-0.05, 0) is 36.2 Å². The SMILES string of the molecule is CCc1cccc(NC(=O)COC(=O)COc2ccccc2C#N)c1. The number of benzene rings is 2. The minimum absolute atomic E-state index is 0.294. The average Bonchev–Trinajstić information content (AvgIpc) is 2.65. The first-order valence-corrected chi connectivity index (χ1v) is 7.78. The van der Waals surface area contributed by atoms with Crippen LogP contribution in [-0.4, -0.2) is 25.1 Å². The average molecular weight is 338 g/mol. The minimum Gasteiger partial charge on any atom is -0.481 e. The van der Waals surface area contributed by atoms with Gasteiger partial charge in [0.25, 0.3) is 5.91 Å². The molecule has 0 heterocycles. The number of carbonyl (C=O) groups excluding carboxylic acids is 2. The van der Waals surface area contributed by atoms with Crippen LogP contribution in [0.4, 0.5) is 5.69 Å². The molecule has 0 saturated heterocycles. The minimum atomic E-state index is -0.690. The van der Waals surface area contributed by atoms with Gasteiger partial charge >= 0.3 is 5.97 Å². The fourth-order valence-corrected chi connectivity index (χ4v) is 2.08. The molecule has 6 nitrogen and oxygen atoms in total. The Hall–Kier alpha value is -3.33. The van der Waals surface area contributed by atoms with Crippen LogP contribution in [-0.2, 0) is 20.7 Å². The number of aryl methyl sites for hydroxylation is 1. The van der Waals surface area contributed by atoms with Crippen LogP contribution in [0.1, 0.15) is 18.1 Å². The van der Waals surface area contributed by atoms with Crippen molar-refractivity contribution in [1.82, 2.24) is 0 Å². The number of nitrogens with zero attached hydrogens (tertiary/aromatic N) is 1. The topological polar surface area (TPSA) is 88.4 Å². The number of nitriles is 1. The zero-order valence-electron chi connectivity index (χ0n) is 13.8. The molecule has 0 aromatic heterocycles. The van der Waals surface area contributed by atoms with E-state index in [1.807, 2.05) is 31.2 Å². The molecule has 0 aliphatic heterocycles. The Morgan fingerprint density at radius 1 is 1.12 bits per heavy atom. The molecule has 2 aromatic carbocycles. The zero-order chi connectivity index (χ0) is 18.1. The first-order valence-electron chi connectivity index (χ1n) is 7.78. The van der Waals surface area contributed by atoms with Crippen molar-refractivity contribution in [1.29, 1.82) is 5.26 Å². The molecule has 2 rings (SSSR count). The van der Waals surface area contributed by atoms with Crippen molar-refractivity contribution in [3.8, 4) is 11.8 Å². The summed E-state index contributed by atoms with van der Waals surface area (Å²) in [5, 5.41) is 11.6. The Morgan fingerprint density at radius 2 is 1.92 bits per heavy atom. The Labute approximate surface area is 146 Å². The number of hydrogen-bond acceptors (Lipinski definition) is 5. The van der Waals surface area contributed by atoms with E-state index >= 15 is 0 Å². The number of para-hydroxylation sites is 1. The normalized spacial score (nSPS) is 9.76. The van der Waals surface area contributed by atoms with E-state index in [0.717, 1.165) is 12.0 Å². The summed E-state index contributed by atoms with van der Waals surface area (Å²) >= 11 is 0. The molecule has 0 aliphatic rings. The van der Waals surface area contributed by atoms with Crippen molar-refractivity contribution in [3.05, 3.63) is 59.7 Å². The summed E-state index contributed by atoms with van der Waals surface area (Å²) in [6.07, 6.45) is 0.861. The fourth-order valence-electron chi connectivity index (χ4n) is 2.08. The van der Waals surface area contributed by atoms with Gasteiger partial charge in [0.05, 0.1) is 5.56 Å². The van der Waals surface area contributed by atoms with Crippen molar-refractivity contribution >= 4 is 17.6 Å². The molecule has 0 aliphatic carbocycles. The zero-order valence-corrected chi connectivity index (χ0v) is 13.8.